The molecular formula is C32H36FN5O3. The third kappa shape index (κ3) is 4.84. The molecule has 4 bridgehead atoms. The van der Waals surface area contributed by atoms with Crippen LogP contribution >= 0.6 is 0 Å². The Balaban J connectivity index is 1.08. The number of rotatable bonds is 7. The van der Waals surface area contributed by atoms with Crippen LogP contribution < -0.4 is 21.5 Å². The van der Waals surface area contributed by atoms with Crippen molar-refractivity contribution in [3.05, 3.63) is 69.5 Å². The number of anilines is 1. The van der Waals surface area contributed by atoms with E-state index in [9.17, 15) is 14.4 Å². The van der Waals surface area contributed by atoms with Gasteiger partial charge in [-0.2, -0.15) is 0 Å². The summed E-state index contributed by atoms with van der Waals surface area (Å²) < 4.78 is 16.6. The first-order chi connectivity index (χ1) is 19.8. The maximum absolute atomic E-state index is 15.2. The summed E-state index contributed by atoms with van der Waals surface area (Å²) in [5.74, 6) is 1.86. The summed E-state index contributed by atoms with van der Waals surface area (Å²) in [7, 11) is 0. The monoisotopic (exact) mass is 557 g/mol. The van der Waals surface area contributed by atoms with Gasteiger partial charge in [-0.3, -0.25) is 24.3 Å². The van der Waals surface area contributed by atoms with Crippen LogP contribution in [0.3, 0.4) is 0 Å². The van der Waals surface area contributed by atoms with Crippen molar-refractivity contribution < 1.29 is 14.0 Å². The van der Waals surface area contributed by atoms with Gasteiger partial charge in [-0.05, 0) is 93.4 Å². The van der Waals surface area contributed by atoms with Crippen molar-refractivity contribution in [2.45, 2.75) is 83.0 Å². The van der Waals surface area contributed by atoms with Gasteiger partial charge in [0.05, 0.1) is 10.9 Å². The van der Waals surface area contributed by atoms with Crippen LogP contribution in [0, 0.1) is 30.5 Å². The maximum Gasteiger partial charge on any atom is 0.264 e. The van der Waals surface area contributed by atoms with Gasteiger partial charge in [0, 0.05) is 36.3 Å². The molecule has 2 amide bonds. The van der Waals surface area contributed by atoms with Crippen molar-refractivity contribution in [2.24, 2.45) is 17.8 Å². The number of benzene rings is 2. The fourth-order valence-corrected chi connectivity index (χ4v) is 8.45. The van der Waals surface area contributed by atoms with Gasteiger partial charge in [0.1, 0.15) is 17.7 Å². The first kappa shape index (κ1) is 26.3. The Morgan fingerprint density at radius 3 is 2.44 bits per heavy atom. The Morgan fingerprint density at radius 1 is 1.02 bits per heavy atom. The number of carbonyl (C=O) groups is 2. The zero-order valence-electron chi connectivity index (χ0n) is 23.3. The van der Waals surface area contributed by atoms with E-state index in [0.29, 0.717) is 34.5 Å². The summed E-state index contributed by atoms with van der Waals surface area (Å²) in [6.07, 6.45) is 8.37. The molecule has 8 rings (SSSR count). The third-order valence-corrected chi connectivity index (χ3v) is 9.92. The topological polar surface area (TPSA) is 105 Å². The Bertz CT molecular complexity index is 1580. The van der Waals surface area contributed by atoms with Crippen LogP contribution in [-0.4, -0.2) is 26.9 Å². The number of fused-ring (bicyclic) bond motifs is 1. The number of hydrogen-bond donors (Lipinski definition) is 3. The van der Waals surface area contributed by atoms with Crippen molar-refractivity contribution in [3.63, 3.8) is 0 Å². The Kier molecular flexibility index (Phi) is 6.45. The fourth-order valence-electron chi connectivity index (χ4n) is 8.45. The van der Waals surface area contributed by atoms with Crippen molar-refractivity contribution in [2.75, 3.05) is 5.32 Å². The van der Waals surface area contributed by atoms with E-state index in [1.54, 1.807) is 31.2 Å². The summed E-state index contributed by atoms with van der Waals surface area (Å²) in [6, 6.07) is 9.91. The molecule has 5 aliphatic rings. The van der Waals surface area contributed by atoms with Crippen LogP contribution in [-0.2, 0) is 22.7 Å². The third-order valence-electron chi connectivity index (χ3n) is 9.92. The standard InChI is InChI=1S/C32H36FN5O3/c1-18-36-26-4-2-3-25(29(26)31(41)38(18)27-7-8-28(39)37-30(27)40)34-17-23-6-5-19(12-24(23)33)16-35-32-13-20-9-21(14-32)11-22(10-20)15-32/h2-6,12,20-22,27,34-35H,7-11,13-17H2,1H3,(H,37,39,40). The number of halogens is 1. The predicted molar refractivity (Wildman–Crippen MR) is 154 cm³/mol. The summed E-state index contributed by atoms with van der Waals surface area (Å²) in [5.41, 5.74) is 2.33. The lowest BCUT2D eigenvalue weighted by atomic mass is 9.53. The van der Waals surface area contributed by atoms with Crippen molar-refractivity contribution in [3.8, 4) is 0 Å². The molecule has 2 heterocycles. The van der Waals surface area contributed by atoms with E-state index in [0.717, 1.165) is 23.3 Å². The Hall–Kier alpha value is -3.59. The molecule has 3 N–H and O–H groups in total. The molecule has 2 aromatic carbocycles. The molecule has 1 unspecified atom stereocenters. The highest BCUT2D eigenvalue weighted by molar-refractivity contribution is 5.99. The zero-order valence-corrected chi connectivity index (χ0v) is 23.3. The van der Waals surface area contributed by atoms with Crippen molar-refractivity contribution >= 4 is 28.4 Å². The molecule has 3 aromatic rings. The van der Waals surface area contributed by atoms with Gasteiger partial charge in [-0.1, -0.05) is 18.2 Å². The molecule has 1 atom stereocenters. The second-order valence-corrected chi connectivity index (χ2v) is 12.8. The number of hydrogen-bond acceptors (Lipinski definition) is 6. The molecule has 41 heavy (non-hydrogen) atoms. The molecule has 4 aliphatic carbocycles. The highest BCUT2D eigenvalue weighted by Gasteiger charge is 2.50. The Morgan fingerprint density at radius 2 is 1.76 bits per heavy atom. The number of nitrogens with zero attached hydrogens (tertiary/aromatic N) is 2. The van der Waals surface area contributed by atoms with Crippen LogP contribution in [0.1, 0.15) is 74.4 Å². The minimum absolute atomic E-state index is 0.160. The minimum Gasteiger partial charge on any atom is -0.380 e. The number of amides is 2. The predicted octanol–water partition coefficient (Wildman–Crippen LogP) is 4.49. The lowest BCUT2D eigenvalue weighted by Crippen LogP contribution is -2.58. The lowest BCUT2D eigenvalue weighted by Gasteiger charge is -2.57. The van der Waals surface area contributed by atoms with Crippen LogP contribution in [0.5, 0.6) is 0 Å². The second-order valence-electron chi connectivity index (χ2n) is 12.8. The van der Waals surface area contributed by atoms with Gasteiger partial charge in [0.15, 0.2) is 0 Å². The average molecular weight is 558 g/mol. The van der Waals surface area contributed by atoms with Gasteiger partial charge in [0.2, 0.25) is 11.8 Å². The van der Waals surface area contributed by atoms with E-state index in [-0.39, 0.29) is 42.2 Å². The quantitative estimate of drug-likeness (QED) is 0.370. The molecule has 214 valence electrons. The normalized spacial score (nSPS) is 28.7. The fraction of sp³-hybridized carbons (Fsp3) is 0.500. The van der Waals surface area contributed by atoms with Gasteiger partial charge in [0.25, 0.3) is 5.56 Å². The summed E-state index contributed by atoms with van der Waals surface area (Å²) >= 11 is 0. The second kappa shape index (κ2) is 10.0. The Labute approximate surface area is 238 Å². The van der Waals surface area contributed by atoms with Crippen molar-refractivity contribution in [1.29, 1.82) is 0 Å². The molecule has 9 heteroatoms. The van der Waals surface area contributed by atoms with Gasteiger partial charge >= 0.3 is 0 Å². The molecular weight excluding hydrogens is 521 g/mol. The van der Waals surface area contributed by atoms with E-state index in [1.807, 2.05) is 12.1 Å². The van der Waals surface area contributed by atoms with Crippen molar-refractivity contribution in [1.82, 2.24) is 20.2 Å². The van der Waals surface area contributed by atoms with E-state index in [4.69, 9.17) is 0 Å². The maximum atomic E-state index is 15.2. The van der Waals surface area contributed by atoms with E-state index < -0.39 is 11.9 Å². The first-order valence-electron chi connectivity index (χ1n) is 14.9. The van der Waals surface area contributed by atoms with Crippen LogP contribution in [0.25, 0.3) is 10.9 Å². The van der Waals surface area contributed by atoms with Gasteiger partial charge in [-0.25, -0.2) is 9.37 Å². The average Bonchev–Trinajstić information content (AvgIpc) is 2.91. The molecule has 0 spiro atoms. The highest BCUT2D eigenvalue weighted by Crippen LogP contribution is 2.55. The highest BCUT2D eigenvalue weighted by atomic mass is 19.1. The smallest absolute Gasteiger partial charge is 0.264 e. The number of carbonyl (C=O) groups excluding carboxylic acids is 2. The van der Waals surface area contributed by atoms with Gasteiger partial charge in [-0.15, -0.1) is 0 Å². The van der Waals surface area contributed by atoms with Gasteiger partial charge < -0.3 is 10.6 Å². The SMILES string of the molecule is Cc1nc2cccc(NCc3ccc(CNC45CC6CC(CC(C6)C4)C5)cc3F)c2c(=O)n1C1CCC(=O)NC1=O. The summed E-state index contributed by atoms with van der Waals surface area (Å²) in [5, 5.41) is 9.72. The molecule has 1 aliphatic heterocycles. The molecule has 5 fully saturated rings. The van der Waals surface area contributed by atoms with Crippen LogP contribution in [0.15, 0.2) is 41.2 Å². The molecule has 0 radical (unpaired) electrons. The molecule has 8 nitrogen and oxygen atoms in total. The summed E-state index contributed by atoms with van der Waals surface area (Å²) in [4.78, 5) is 42.4. The number of aromatic nitrogens is 2. The minimum atomic E-state index is -0.804. The number of aryl methyl sites for hydroxylation is 1. The number of imide groups is 1. The lowest BCUT2D eigenvalue weighted by molar-refractivity contribution is -0.135. The van der Waals surface area contributed by atoms with Crippen LogP contribution in [0.4, 0.5) is 10.1 Å². The number of nitrogens with one attached hydrogen (secondary N) is 3. The van der Waals surface area contributed by atoms with E-state index in [1.165, 1.54) is 43.1 Å². The van der Waals surface area contributed by atoms with E-state index in [2.05, 4.69) is 20.9 Å². The van der Waals surface area contributed by atoms with E-state index >= 15 is 4.39 Å². The largest absolute Gasteiger partial charge is 0.380 e. The molecule has 1 aromatic heterocycles. The van der Waals surface area contributed by atoms with Crippen LogP contribution in [0.2, 0.25) is 0 Å². The summed E-state index contributed by atoms with van der Waals surface area (Å²) in [6.45, 7) is 2.55. The number of piperidine rings is 1. The first-order valence-corrected chi connectivity index (χ1v) is 14.9. The molecule has 4 saturated carbocycles. The zero-order chi connectivity index (χ0) is 28.3. The molecule has 1 saturated heterocycles.